The highest BCUT2D eigenvalue weighted by molar-refractivity contribution is 6.34. The minimum Gasteiger partial charge on any atom is -0.343 e. The van der Waals surface area contributed by atoms with E-state index in [0.717, 1.165) is 16.9 Å². The highest BCUT2D eigenvalue weighted by Crippen LogP contribution is 2.24. The summed E-state index contributed by atoms with van der Waals surface area (Å²) in [6, 6.07) is 0. The quantitative estimate of drug-likeness (QED) is 0.725. The zero-order valence-electron chi connectivity index (χ0n) is 8.43. The van der Waals surface area contributed by atoms with E-state index >= 15 is 0 Å². The largest absolute Gasteiger partial charge is 0.343 e. The topological polar surface area (TPSA) is 41.6 Å². The van der Waals surface area contributed by atoms with Gasteiger partial charge in [-0.25, -0.2) is 9.97 Å². The van der Waals surface area contributed by atoms with E-state index in [9.17, 15) is 0 Å². The van der Waals surface area contributed by atoms with Crippen LogP contribution in [0.2, 0.25) is 5.02 Å². The molecule has 3 nitrogen and oxygen atoms in total. The summed E-state index contributed by atoms with van der Waals surface area (Å²) in [5, 5.41) is 0.624. The van der Waals surface area contributed by atoms with Gasteiger partial charge in [-0.2, -0.15) is 0 Å². The molecule has 0 atom stereocenters. The zero-order chi connectivity index (χ0) is 10.3. The molecule has 0 fully saturated rings. The maximum atomic E-state index is 5.96. The summed E-state index contributed by atoms with van der Waals surface area (Å²) in [4.78, 5) is 11.7. The normalized spacial score (nSPS) is 12.3. The first kappa shape index (κ1) is 9.46. The third-order valence-corrected chi connectivity index (χ3v) is 2.39. The maximum absolute atomic E-state index is 5.96. The lowest BCUT2D eigenvalue weighted by molar-refractivity contribution is 0.568. The van der Waals surface area contributed by atoms with Gasteiger partial charge in [0.25, 0.3) is 0 Å². The van der Waals surface area contributed by atoms with E-state index in [4.69, 9.17) is 11.6 Å². The predicted molar refractivity (Wildman–Crippen MR) is 57.6 cm³/mol. The number of fused-ring (bicyclic) bond motifs is 1. The van der Waals surface area contributed by atoms with Crippen LogP contribution >= 0.6 is 11.6 Å². The zero-order valence-corrected chi connectivity index (χ0v) is 9.18. The maximum Gasteiger partial charge on any atom is 0.157 e. The van der Waals surface area contributed by atoms with Crippen LogP contribution in [0, 0.1) is 0 Å². The van der Waals surface area contributed by atoms with Gasteiger partial charge in [0.2, 0.25) is 0 Å². The summed E-state index contributed by atoms with van der Waals surface area (Å²) in [6.45, 7) is 6.30. The van der Waals surface area contributed by atoms with Crippen LogP contribution in [0.25, 0.3) is 11.2 Å². The standard InChI is InChI=1S/C10H12ClN3/c1-10(2,3)7-5-13-9-8(14-7)6(11)4-12-9/h4-5H,1-3H3,(H,12,13). The molecule has 74 valence electrons. The van der Waals surface area contributed by atoms with Crippen molar-refractivity contribution in [3.05, 3.63) is 23.1 Å². The molecule has 0 bridgehead atoms. The lowest BCUT2D eigenvalue weighted by atomic mass is 9.93. The molecule has 2 aromatic heterocycles. The van der Waals surface area contributed by atoms with E-state index < -0.39 is 0 Å². The summed E-state index contributed by atoms with van der Waals surface area (Å²) >= 11 is 5.96. The van der Waals surface area contributed by atoms with Crippen LogP contribution in [0.4, 0.5) is 0 Å². The Labute approximate surface area is 87.5 Å². The van der Waals surface area contributed by atoms with Crippen LogP contribution in [-0.4, -0.2) is 15.0 Å². The van der Waals surface area contributed by atoms with Crippen LogP contribution in [0.5, 0.6) is 0 Å². The Balaban J connectivity index is 2.66. The number of halogens is 1. The molecular formula is C10H12ClN3. The van der Waals surface area contributed by atoms with Crippen molar-refractivity contribution in [3.8, 4) is 0 Å². The first-order valence-electron chi connectivity index (χ1n) is 4.48. The Bertz CT molecular complexity index is 468. The average Bonchev–Trinajstić information content (AvgIpc) is 2.46. The molecule has 0 amide bonds. The molecule has 0 saturated heterocycles. The van der Waals surface area contributed by atoms with Crippen molar-refractivity contribution >= 4 is 22.8 Å². The Morgan fingerprint density at radius 1 is 1.36 bits per heavy atom. The fraction of sp³-hybridized carbons (Fsp3) is 0.400. The summed E-state index contributed by atoms with van der Waals surface area (Å²) < 4.78 is 0. The smallest absolute Gasteiger partial charge is 0.157 e. The number of aromatic amines is 1. The molecule has 14 heavy (non-hydrogen) atoms. The van der Waals surface area contributed by atoms with Crippen LogP contribution in [-0.2, 0) is 5.41 Å². The molecule has 0 aromatic carbocycles. The first-order valence-corrected chi connectivity index (χ1v) is 4.86. The number of nitrogens with one attached hydrogen (secondary N) is 1. The van der Waals surface area contributed by atoms with Gasteiger partial charge in [-0.3, -0.25) is 0 Å². The molecule has 0 radical (unpaired) electrons. The van der Waals surface area contributed by atoms with Crippen molar-refractivity contribution in [3.63, 3.8) is 0 Å². The first-order chi connectivity index (χ1) is 6.48. The number of hydrogen-bond acceptors (Lipinski definition) is 2. The van der Waals surface area contributed by atoms with Gasteiger partial charge in [-0.1, -0.05) is 32.4 Å². The van der Waals surface area contributed by atoms with Gasteiger partial charge in [-0.15, -0.1) is 0 Å². The Morgan fingerprint density at radius 3 is 2.71 bits per heavy atom. The number of hydrogen-bond donors (Lipinski definition) is 1. The molecule has 0 spiro atoms. The van der Waals surface area contributed by atoms with Gasteiger partial charge >= 0.3 is 0 Å². The SMILES string of the molecule is CC(C)(C)c1cnc2[nH]cc(Cl)c2n1. The predicted octanol–water partition coefficient (Wildman–Crippen LogP) is 2.91. The van der Waals surface area contributed by atoms with Crippen molar-refractivity contribution in [2.45, 2.75) is 26.2 Å². The second kappa shape index (κ2) is 2.95. The minimum absolute atomic E-state index is 0.00177. The Hall–Kier alpha value is -1.09. The molecule has 4 heteroatoms. The van der Waals surface area contributed by atoms with Crippen LogP contribution in [0.1, 0.15) is 26.5 Å². The van der Waals surface area contributed by atoms with Gasteiger partial charge in [-0.05, 0) is 0 Å². The van der Waals surface area contributed by atoms with Crippen LogP contribution in [0.3, 0.4) is 0 Å². The van der Waals surface area contributed by atoms with Crippen molar-refractivity contribution in [2.75, 3.05) is 0 Å². The second-order valence-corrected chi connectivity index (χ2v) is 4.75. The van der Waals surface area contributed by atoms with Crippen LogP contribution < -0.4 is 0 Å². The van der Waals surface area contributed by atoms with Crippen molar-refractivity contribution in [1.82, 2.24) is 15.0 Å². The van der Waals surface area contributed by atoms with Gasteiger partial charge in [0.15, 0.2) is 5.65 Å². The van der Waals surface area contributed by atoms with Crippen LogP contribution in [0.15, 0.2) is 12.4 Å². The van der Waals surface area contributed by atoms with Gasteiger partial charge < -0.3 is 4.98 Å². The molecule has 1 N–H and O–H groups in total. The van der Waals surface area contributed by atoms with Crippen molar-refractivity contribution in [2.24, 2.45) is 0 Å². The van der Waals surface area contributed by atoms with Gasteiger partial charge in [0.05, 0.1) is 16.9 Å². The molecule has 2 rings (SSSR count). The third-order valence-electron chi connectivity index (χ3n) is 2.10. The van der Waals surface area contributed by atoms with E-state index in [2.05, 4.69) is 35.7 Å². The van der Waals surface area contributed by atoms with E-state index in [-0.39, 0.29) is 5.41 Å². The Kier molecular flexibility index (Phi) is 2.00. The number of H-pyrrole nitrogens is 1. The lowest BCUT2D eigenvalue weighted by Crippen LogP contribution is -2.13. The summed E-state index contributed by atoms with van der Waals surface area (Å²) in [7, 11) is 0. The van der Waals surface area contributed by atoms with Crippen molar-refractivity contribution in [1.29, 1.82) is 0 Å². The highest BCUT2D eigenvalue weighted by Gasteiger charge is 2.17. The van der Waals surface area contributed by atoms with Crippen molar-refractivity contribution < 1.29 is 0 Å². The fourth-order valence-corrected chi connectivity index (χ4v) is 1.41. The average molecular weight is 210 g/mol. The van der Waals surface area contributed by atoms with Gasteiger partial charge in [0.1, 0.15) is 5.52 Å². The monoisotopic (exact) mass is 209 g/mol. The molecule has 2 aromatic rings. The third kappa shape index (κ3) is 1.48. The van der Waals surface area contributed by atoms with E-state index in [1.54, 1.807) is 12.4 Å². The molecule has 0 unspecified atom stereocenters. The minimum atomic E-state index is 0.00177. The number of rotatable bonds is 0. The highest BCUT2D eigenvalue weighted by atomic mass is 35.5. The van der Waals surface area contributed by atoms with E-state index in [1.165, 1.54) is 0 Å². The molecule has 0 aliphatic rings. The van der Waals surface area contributed by atoms with E-state index in [1.807, 2.05) is 0 Å². The fourth-order valence-electron chi connectivity index (χ4n) is 1.22. The summed E-state index contributed by atoms with van der Waals surface area (Å²) in [5.41, 5.74) is 2.44. The lowest BCUT2D eigenvalue weighted by Gasteiger charge is -2.16. The summed E-state index contributed by atoms with van der Waals surface area (Å²) in [6.07, 6.45) is 3.49. The second-order valence-electron chi connectivity index (χ2n) is 4.34. The number of nitrogens with zero attached hydrogens (tertiary/aromatic N) is 2. The molecule has 2 heterocycles. The number of aromatic nitrogens is 3. The van der Waals surface area contributed by atoms with Gasteiger partial charge in [0, 0.05) is 11.6 Å². The summed E-state index contributed by atoms with van der Waals surface area (Å²) in [5.74, 6) is 0. The Morgan fingerprint density at radius 2 is 2.07 bits per heavy atom. The molecule has 0 aliphatic carbocycles. The molecular weight excluding hydrogens is 198 g/mol. The molecule has 0 aliphatic heterocycles. The molecule has 0 saturated carbocycles. The van der Waals surface area contributed by atoms with E-state index in [0.29, 0.717) is 5.02 Å².